The van der Waals surface area contributed by atoms with Crippen molar-refractivity contribution in [3.63, 3.8) is 0 Å². The van der Waals surface area contributed by atoms with Crippen LogP contribution in [0.25, 0.3) is 16.3 Å². The molecule has 0 aliphatic carbocycles. The average molecular weight is 423 g/mol. The zero-order valence-corrected chi connectivity index (χ0v) is 18.5. The van der Waals surface area contributed by atoms with Crippen LogP contribution in [0.15, 0.2) is 102 Å². The van der Waals surface area contributed by atoms with Crippen molar-refractivity contribution in [2.75, 3.05) is 5.32 Å². The van der Waals surface area contributed by atoms with Crippen molar-refractivity contribution in [1.82, 2.24) is 4.98 Å². The van der Waals surface area contributed by atoms with Crippen molar-refractivity contribution in [3.05, 3.63) is 114 Å². The van der Waals surface area contributed by atoms with Crippen molar-refractivity contribution in [2.24, 2.45) is 0 Å². The summed E-state index contributed by atoms with van der Waals surface area (Å²) in [5.74, 6) is 0.549. The van der Waals surface area contributed by atoms with Gasteiger partial charge in [0.05, 0.1) is 6.26 Å². The molecular formula is C28H26N2O2. The van der Waals surface area contributed by atoms with Crippen LogP contribution in [0.3, 0.4) is 0 Å². The van der Waals surface area contributed by atoms with Gasteiger partial charge in [0.15, 0.2) is 0 Å². The van der Waals surface area contributed by atoms with E-state index in [9.17, 15) is 4.79 Å². The molecule has 2 heterocycles. The second-order valence-electron chi connectivity index (χ2n) is 8.64. The molecule has 1 amide bonds. The van der Waals surface area contributed by atoms with E-state index in [1.54, 1.807) is 24.7 Å². The molecule has 4 nitrogen and oxygen atoms in total. The third-order valence-corrected chi connectivity index (χ3v) is 5.30. The van der Waals surface area contributed by atoms with E-state index < -0.39 is 0 Å². The largest absolute Gasteiger partial charge is 0.464 e. The normalized spacial score (nSPS) is 12.4. The number of hydrogen-bond acceptors (Lipinski definition) is 3. The molecule has 32 heavy (non-hydrogen) atoms. The van der Waals surface area contributed by atoms with E-state index in [1.807, 2.05) is 42.5 Å². The first-order chi connectivity index (χ1) is 15.4. The van der Waals surface area contributed by atoms with E-state index in [0.29, 0.717) is 0 Å². The summed E-state index contributed by atoms with van der Waals surface area (Å²) in [5, 5.41) is 4.88. The van der Waals surface area contributed by atoms with Crippen LogP contribution >= 0.6 is 0 Å². The first kappa shape index (κ1) is 21.3. The molecule has 0 radical (unpaired) electrons. The highest BCUT2D eigenvalue weighted by molar-refractivity contribution is 6.06. The first-order valence-corrected chi connectivity index (χ1v) is 10.6. The highest BCUT2D eigenvalue weighted by atomic mass is 16.3. The molecule has 0 spiro atoms. The minimum Gasteiger partial charge on any atom is -0.464 e. The summed E-state index contributed by atoms with van der Waals surface area (Å²) >= 11 is 0. The number of nitrogens with one attached hydrogen (secondary N) is 1. The second kappa shape index (κ2) is 9.06. The van der Waals surface area contributed by atoms with Crippen molar-refractivity contribution >= 4 is 27.9 Å². The lowest BCUT2D eigenvalue weighted by molar-refractivity contribution is -0.111. The van der Waals surface area contributed by atoms with Crippen molar-refractivity contribution in [2.45, 2.75) is 26.2 Å². The van der Waals surface area contributed by atoms with E-state index in [1.165, 1.54) is 11.6 Å². The van der Waals surface area contributed by atoms with Gasteiger partial charge in [-0.1, -0.05) is 69.3 Å². The molecule has 4 rings (SSSR count). The molecule has 0 saturated carbocycles. The fourth-order valence-electron chi connectivity index (χ4n) is 3.54. The zero-order valence-electron chi connectivity index (χ0n) is 18.5. The smallest absolute Gasteiger partial charge is 0.248 e. The summed E-state index contributed by atoms with van der Waals surface area (Å²) < 4.78 is 5.64. The predicted octanol–water partition coefficient (Wildman–Crippen LogP) is 6.75. The molecule has 0 atom stereocenters. The number of fused-ring (bicyclic) bond motifs is 1. The van der Waals surface area contributed by atoms with Crippen LogP contribution in [0, 0.1) is 0 Å². The van der Waals surface area contributed by atoms with Crippen LogP contribution in [0.5, 0.6) is 0 Å². The Kier molecular flexibility index (Phi) is 6.04. The van der Waals surface area contributed by atoms with Gasteiger partial charge in [0.2, 0.25) is 5.91 Å². The van der Waals surface area contributed by atoms with Gasteiger partial charge in [-0.05, 0) is 40.8 Å². The third kappa shape index (κ3) is 4.86. The van der Waals surface area contributed by atoms with E-state index in [-0.39, 0.29) is 11.3 Å². The number of carbonyl (C=O) groups excluding carboxylic acids is 1. The molecule has 0 saturated heterocycles. The van der Waals surface area contributed by atoms with E-state index >= 15 is 0 Å². The summed E-state index contributed by atoms with van der Waals surface area (Å²) in [4.78, 5) is 16.7. The van der Waals surface area contributed by atoms with Crippen molar-refractivity contribution < 1.29 is 9.21 Å². The molecule has 4 heteroatoms. The second-order valence-corrected chi connectivity index (χ2v) is 8.64. The SMILES string of the molecule is CC(C)(C)c1ccc(/C(=C/C=C/C(=O)Nc2cccc3cnccc23)c2ccco2)cc1. The number of hydrogen-bond donors (Lipinski definition) is 1. The number of anilines is 1. The number of amides is 1. The van der Waals surface area contributed by atoms with Gasteiger partial charge in [0.25, 0.3) is 0 Å². The highest BCUT2D eigenvalue weighted by Gasteiger charge is 2.14. The number of benzene rings is 2. The molecule has 0 bridgehead atoms. The van der Waals surface area contributed by atoms with Crippen LogP contribution in [0.2, 0.25) is 0 Å². The zero-order chi connectivity index (χ0) is 22.6. The van der Waals surface area contributed by atoms with Gasteiger partial charge in [-0.15, -0.1) is 0 Å². The van der Waals surface area contributed by atoms with Gasteiger partial charge in [-0.25, -0.2) is 0 Å². The Balaban J connectivity index is 1.57. The number of allylic oxidation sites excluding steroid dienone is 2. The molecule has 0 unspecified atom stereocenters. The van der Waals surface area contributed by atoms with Crippen LogP contribution < -0.4 is 5.32 Å². The average Bonchev–Trinajstić information content (AvgIpc) is 3.31. The Morgan fingerprint density at radius 3 is 2.53 bits per heavy atom. The summed E-state index contributed by atoms with van der Waals surface area (Å²) in [5.41, 5.74) is 4.05. The molecule has 0 aliphatic heterocycles. The molecule has 0 aliphatic rings. The van der Waals surface area contributed by atoms with E-state index in [4.69, 9.17) is 4.42 Å². The van der Waals surface area contributed by atoms with Gasteiger partial charge >= 0.3 is 0 Å². The molecule has 160 valence electrons. The molecule has 4 aromatic rings. The standard InChI is InChI=1S/C28H26N2O2/c1-28(2,3)22-14-12-20(13-15-22)24(26-10-6-18-32-26)8-5-11-27(31)30-25-9-4-7-21-19-29-17-16-23(21)25/h4-19H,1-3H3,(H,30,31)/b11-5+,24-8-. The topological polar surface area (TPSA) is 55.1 Å². The fraction of sp³-hybridized carbons (Fsp3) is 0.143. The van der Waals surface area contributed by atoms with Gasteiger partial charge in [0, 0.05) is 40.5 Å². The Bertz CT molecular complexity index is 1270. The Labute approximate surface area is 188 Å². The number of nitrogens with zero attached hydrogens (tertiary/aromatic N) is 1. The van der Waals surface area contributed by atoms with Gasteiger partial charge in [-0.3, -0.25) is 9.78 Å². The Morgan fingerprint density at radius 2 is 1.81 bits per heavy atom. The van der Waals surface area contributed by atoms with Gasteiger partial charge in [-0.2, -0.15) is 0 Å². The Hall–Kier alpha value is -3.92. The number of aromatic nitrogens is 1. The summed E-state index contributed by atoms with van der Waals surface area (Å²) in [6.07, 6.45) is 10.3. The monoisotopic (exact) mass is 422 g/mol. The van der Waals surface area contributed by atoms with Crippen molar-refractivity contribution in [3.8, 4) is 0 Å². The van der Waals surface area contributed by atoms with Gasteiger partial charge in [0.1, 0.15) is 5.76 Å². The Morgan fingerprint density at radius 1 is 1.00 bits per heavy atom. The van der Waals surface area contributed by atoms with Crippen molar-refractivity contribution in [1.29, 1.82) is 0 Å². The number of rotatable bonds is 5. The maximum absolute atomic E-state index is 12.5. The third-order valence-electron chi connectivity index (χ3n) is 5.30. The lowest BCUT2D eigenvalue weighted by Crippen LogP contribution is -2.10. The summed E-state index contributed by atoms with van der Waals surface area (Å²) in [6.45, 7) is 6.58. The summed E-state index contributed by atoms with van der Waals surface area (Å²) in [7, 11) is 0. The minimum atomic E-state index is -0.201. The predicted molar refractivity (Wildman–Crippen MR) is 130 cm³/mol. The minimum absolute atomic E-state index is 0.0861. The fourth-order valence-corrected chi connectivity index (χ4v) is 3.54. The molecule has 2 aromatic heterocycles. The van der Waals surface area contributed by atoms with E-state index in [0.717, 1.165) is 33.4 Å². The van der Waals surface area contributed by atoms with Crippen LogP contribution in [-0.2, 0) is 10.2 Å². The van der Waals surface area contributed by atoms with Crippen LogP contribution in [0.4, 0.5) is 5.69 Å². The lowest BCUT2D eigenvalue weighted by Gasteiger charge is -2.19. The maximum atomic E-state index is 12.5. The molecule has 0 fully saturated rings. The van der Waals surface area contributed by atoms with Gasteiger partial charge < -0.3 is 9.73 Å². The van der Waals surface area contributed by atoms with E-state index in [2.05, 4.69) is 55.3 Å². The number of furan rings is 1. The quantitative estimate of drug-likeness (QED) is 0.286. The molecule has 2 aromatic carbocycles. The lowest BCUT2D eigenvalue weighted by atomic mass is 9.86. The molecule has 1 N–H and O–H groups in total. The summed E-state index contributed by atoms with van der Waals surface area (Å²) in [6, 6.07) is 19.9. The van der Waals surface area contributed by atoms with Crippen LogP contribution in [0.1, 0.15) is 37.7 Å². The first-order valence-electron chi connectivity index (χ1n) is 10.6. The maximum Gasteiger partial charge on any atom is 0.248 e. The number of pyridine rings is 1. The van der Waals surface area contributed by atoms with Crippen LogP contribution in [-0.4, -0.2) is 10.9 Å². The number of carbonyl (C=O) groups is 1. The molecular weight excluding hydrogens is 396 g/mol. The highest BCUT2D eigenvalue weighted by Crippen LogP contribution is 2.28.